The molecular formula is C16H17N5O3. The van der Waals surface area contributed by atoms with Crippen LogP contribution >= 0.6 is 0 Å². The standard InChI is InChI=1S/C16H17N5O3/c1-20(8-14-17-9-24-19-14)15(22)11-4-5-13-12(6-11)18-16(23)21(13)7-10-2-3-10/h4-6,9-10H,2-3,7-8H2,1H3,(H,18,23). The van der Waals surface area contributed by atoms with Crippen LogP contribution in [0.25, 0.3) is 11.0 Å². The molecule has 0 spiro atoms. The van der Waals surface area contributed by atoms with Crippen LogP contribution in [-0.4, -0.2) is 37.5 Å². The molecule has 124 valence electrons. The molecule has 1 aliphatic carbocycles. The fourth-order valence-electron chi connectivity index (χ4n) is 2.80. The number of rotatable bonds is 5. The van der Waals surface area contributed by atoms with Crippen LogP contribution < -0.4 is 5.69 Å². The molecule has 3 aromatic rings. The van der Waals surface area contributed by atoms with Gasteiger partial charge >= 0.3 is 5.69 Å². The number of benzene rings is 1. The van der Waals surface area contributed by atoms with Crippen molar-refractivity contribution in [3.63, 3.8) is 0 Å². The van der Waals surface area contributed by atoms with Gasteiger partial charge in [0.05, 0.1) is 17.6 Å². The van der Waals surface area contributed by atoms with E-state index in [9.17, 15) is 9.59 Å². The summed E-state index contributed by atoms with van der Waals surface area (Å²) in [6.45, 7) is 0.996. The van der Waals surface area contributed by atoms with Crippen LogP contribution in [0.1, 0.15) is 29.0 Å². The van der Waals surface area contributed by atoms with Gasteiger partial charge in [-0.25, -0.2) is 4.79 Å². The molecule has 1 N–H and O–H groups in total. The maximum Gasteiger partial charge on any atom is 0.326 e. The van der Waals surface area contributed by atoms with E-state index < -0.39 is 0 Å². The molecule has 8 heteroatoms. The van der Waals surface area contributed by atoms with Gasteiger partial charge in [0.15, 0.2) is 5.82 Å². The molecule has 0 atom stereocenters. The molecule has 1 aliphatic rings. The second-order valence-electron chi connectivity index (χ2n) is 6.22. The first-order valence-electron chi connectivity index (χ1n) is 7.85. The zero-order valence-electron chi connectivity index (χ0n) is 13.2. The molecule has 1 aromatic carbocycles. The quantitative estimate of drug-likeness (QED) is 0.764. The van der Waals surface area contributed by atoms with E-state index in [2.05, 4.69) is 19.6 Å². The highest BCUT2D eigenvalue weighted by Gasteiger charge is 2.24. The molecule has 4 rings (SSSR count). The summed E-state index contributed by atoms with van der Waals surface area (Å²) in [4.78, 5) is 32.9. The van der Waals surface area contributed by atoms with E-state index in [1.165, 1.54) is 24.1 Å². The second kappa shape index (κ2) is 5.63. The first kappa shape index (κ1) is 14.7. The average Bonchev–Trinajstić information content (AvgIpc) is 3.15. The SMILES string of the molecule is CN(Cc1ncon1)C(=O)c1ccc2c(c1)[nH]c(=O)n2CC1CC1. The van der Waals surface area contributed by atoms with Crippen LogP contribution in [0.5, 0.6) is 0 Å². The Labute approximate surface area is 137 Å². The number of carbonyl (C=O) groups excluding carboxylic acids is 1. The zero-order chi connectivity index (χ0) is 16.7. The Morgan fingerprint density at radius 1 is 1.46 bits per heavy atom. The molecule has 0 bridgehead atoms. The lowest BCUT2D eigenvalue weighted by atomic mass is 10.1. The minimum absolute atomic E-state index is 0.123. The molecule has 0 aliphatic heterocycles. The number of nitrogens with zero attached hydrogens (tertiary/aromatic N) is 4. The van der Waals surface area contributed by atoms with E-state index in [0.29, 0.717) is 22.8 Å². The zero-order valence-corrected chi connectivity index (χ0v) is 13.2. The number of fused-ring (bicyclic) bond motifs is 1. The summed E-state index contributed by atoms with van der Waals surface area (Å²) in [5.74, 6) is 0.873. The summed E-state index contributed by atoms with van der Waals surface area (Å²) in [5.41, 5.74) is 1.90. The molecule has 0 saturated heterocycles. The van der Waals surface area contributed by atoms with Crippen molar-refractivity contribution in [2.75, 3.05) is 7.05 Å². The van der Waals surface area contributed by atoms with Gasteiger partial charge in [-0.2, -0.15) is 4.98 Å². The van der Waals surface area contributed by atoms with Gasteiger partial charge in [-0.3, -0.25) is 9.36 Å². The van der Waals surface area contributed by atoms with E-state index in [4.69, 9.17) is 0 Å². The lowest BCUT2D eigenvalue weighted by Gasteiger charge is -2.15. The van der Waals surface area contributed by atoms with Crippen molar-refractivity contribution in [3.05, 3.63) is 46.5 Å². The number of amides is 1. The number of imidazole rings is 1. The van der Waals surface area contributed by atoms with Gasteiger partial charge in [0.1, 0.15) is 0 Å². The normalized spacial score (nSPS) is 14.2. The minimum Gasteiger partial charge on any atom is -0.343 e. The number of carbonyl (C=O) groups is 1. The summed E-state index contributed by atoms with van der Waals surface area (Å²) in [6, 6.07) is 5.29. The fraction of sp³-hybridized carbons (Fsp3) is 0.375. The van der Waals surface area contributed by atoms with Crippen LogP contribution in [0.2, 0.25) is 0 Å². The molecule has 1 amide bonds. The van der Waals surface area contributed by atoms with Crippen molar-refractivity contribution < 1.29 is 9.32 Å². The number of H-pyrrole nitrogens is 1. The molecule has 8 nitrogen and oxygen atoms in total. The molecule has 24 heavy (non-hydrogen) atoms. The predicted molar refractivity (Wildman–Crippen MR) is 85.4 cm³/mol. The van der Waals surface area contributed by atoms with Gasteiger partial charge in [0.2, 0.25) is 6.39 Å². The van der Waals surface area contributed by atoms with E-state index in [0.717, 1.165) is 12.1 Å². The second-order valence-corrected chi connectivity index (χ2v) is 6.22. The highest BCUT2D eigenvalue weighted by molar-refractivity contribution is 5.97. The Balaban J connectivity index is 1.60. The van der Waals surface area contributed by atoms with Crippen LogP contribution in [0.3, 0.4) is 0 Å². The van der Waals surface area contributed by atoms with Crippen molar-refractivity contribution in [1.29, 1.82) is 0 Å². The fourth-order valence-corrected chi connectivity index (χ4v) is 2.80. The van der Waals surface area contributed by atoms with Gasteiger partial charge in [0, 0.05) is 19.2 Å². The summed E-state index contributed by atoms with van der Waals surface area (Å²) in [7, 11) is 1.67. The Hall–Kier alpha value is -2.90. The maximum absolute atomic E-state index is 12.5. The highest BCUT2D eigenvalue weighted by Crippen LogP contribution is 2.31. The number of aromatic nitrogens is 4. The number of aromatic amines is 1. The van der Waals surface area contributed by atoms with Crippen LogP contribution in [0, 0.1) is 5.92 Å². The highest BCUT2D eigenvalue weighted by atomic mass is 16.5. The number of hydrogen-bond donors (Lipinski definition) is 1. The molecule has 2 heterocycles. The Morgan fingerprint density at radius 3 is 3.00 bits per heavy atom. The van der Waals surface area contributed by atoms with Crippen molar-refractivity contribution >= 4 is 16.9 Å². The van der Waals surface area contributed by atoms with Crippen LogP contribution in [0.4, 0.5) is 0 Å². The monoisotopic (exact) mass is 327 g/mol. The Bertz CT molecular complexity index is 936. The first-order valence-corrected chi connectivity index (χ1v) is 7.85. The van der Waals surface area contributed by atoms with Crippen LogP contribution in [-0.2, 0) is 13.1 Å². The lowest BCUT2D eigenvalue weighted by molar-refractivity contribution is 0.0781. The summed E-state index contributed by atoms with van der Waals surface area (Å²) < 4.78 is 6.42. The van der Waals surface area contributed by atoms with Gasteiger partial charge in [-0.15, -0.1) is 0 Å². The summed E-state index contributed by atoms with van der Waals surface area (Å²) in [5, 5.41) is 3.70. The lowest BCUT2D eigenvalue weighted by Crippen LogP contribution is -2.26. The molecular weight excluding hydrogens is 310 g/mol. The minimum atomic E-state index is -0.169. The molecule has 2 aromatic heterocycles. The maximum atomic E-state index is 12.5. The Kier molecular flexibility index (Phi) is 3.44. The van der Waals surface area contributed by atoms with Gasteiger partial charge in [0.25, 0.3) is 5.91 Å². The van der Waals surface area contributed by atoms with Gasteiger partial charge < -0.3 is 14.4 Å². The van der Waals surface area contributed by atoms with Gasteiger partial charge in [-0.05, 0) is 37.0 Å². The third-order valence-electron chi connectivity index (χ3n) is 4.29. The van der Waals surface area contributed by atoms with E-state index in [1.807, 2.05) is 6.07 Å². The van der Waals surface area contributed by atoms with E-state index >= 15 is 0 Å². The number of hydrogen-bond acceptors (Lipinski definition) is 5. The van der Waals surface area contributed by atoms with Crippen molar-refractivity contribution in [3.8, 4) is 0 Å². The topological polar surface area (TPSA) is 97.0 Å². The molecule has 1 saturated carbocycles. The predicted octanol–water partition coefficient (Wildman–Crippen LogP) is 1.39. The Morgan fingerprint density at radius 2 is 2.29 bits per heavy atom. The van der Waals surface area contributed by atoms with Crippen molar-refractivity contribution in [2.45, 2.75) is 25.9 Å². The van der Waals surface area contributed by atoms with Gasteiger partial charge in [-0.1, -0.05) is 5.16 Å². The van der Waals surface area contributed by atoms with E-state index in [-0.39, 0.29) is 18.1 Å². The summed E-state index contributed by atoms with van der Waals surface area (Å²) >= 11 is 0. The molecule has 0 unspecified atom stereocenters. The smallest absolute Gasteiger partial charge is 0.326 e. The molecule has 0 radical (unpaired) electrons. The first-order chi connectivity index (χ1) is 11.6. The average molecular weight is 327 g/mol. The third kappa shape index (κ3) is 2.70. The molecule has 1 fully saturated rings. The van der Waals surface area contributed by atoms with Crippen molar-refractivity contribution in [1.82, 2.24) is 24.6 Å². The van der Waals surface area contributed by atoms with E-state index in [1.54, 1.807) is 23.7 Å². The summed E-state index contributed by atoms with van der Waals surface area (Å²) in [6.07, 6.45) is 3.58. The third-order valence-corrected chi connectivity index (χ3v) is 4.29. The van der Waals surface area contributed by atoms with Crippen LogP contribution in [0.15, 0.2) is 33.9 Å². The largest absolute Gasteiger partial charge is 0.343 e. The number of nitrogens with one attached hydrogen (secondary N) is 1. The van der Waals surface area contributed by atoms with Crippen molar-refractivity contribution in [2.24, 2.45) is 5.92 Å².